The van der Waals surface area contributed by atoms with E-state index >= 15 is 0 Å². The molecule has 0 unspecified atom stereocenters. The smallest absolute Gasteiger partial charge is 0.214 e. The molecule has 0 aliphatic carbocycles. The van der Waals surface area contributed by atoms with E-state index in [-0.39, 0.29) is 5.75 Å². The zero-order chi connectivity index (χ0) is 15.9. The number of aryl methyl sites for hydroxylation is 1. The van der Waals surface area contributed by atoms with Crippen molar-refractivity contribution in [3.05, 3.63) is 35.4 Å². The number of likely N-dealkylation sites (tertiary alicyclic amines) is 1. The van der Waals surface area contributed by atoms with Crippen molar-refractivity contribution >= 4 is 10.0 Å². The molecular weight excluding hydrogens is 296 g/mol. The quantitative estimate of drug-likeness (QED) is 0.854. The highest BCUT2D eigenvalue weighted by atomic mass is 32.2. The van der Waals surface area contributed by atoms with Gasteiger partial charge in [0, 0.05) is 25.7 Å². The van der Waals surface area contributed by atoms with E-state index in [2.05, 4.69) is 43.1 Å². The van der Waals surface area contributed by atoms with Crippen LogP contribution in [0, 0.1) is 18.8 Å². The van der Waals surface area contributed by atoms with Gasteiger partial charge in [-0.2, -0.15) is 0 Å². The average Bonchev–Trinajstić information content (AvgIpc) is 2.97. The molecule has 2 heterocycles. The van der Waals surface area contributed by atoms with Crippen LogP contribution in [-0.4, -0.2) is 50.1 Å². The fourth-order valence-electron chi connectivity index (χ4n) is 4.22. The van der Waals surface area contributed by atoms with Gasteiger partial charge in [0.25, 0.3) is 0 Å². The lowest BCUT2D eigenvalue weighted by molar-refractivity contribution is 0.260. The predicted molar refractivity (Wildman–Crippen MR) is 89.2 cm³/mol. The number of fused-ring (bicyclic) bond motifs is 1. The van der Waals surface area contributed by atoms with E-state index in [1.165, 1.54) is 11.1 Å². The second-order valence-electron chi connectivity index (χ2n) is 6.80. The number of hydrogen-bond acceptors (Lipinski definition) is 3. The highest BCUT2D eigenvalue weighted by Gasteiger charge is 2.48. The molecule has 2 saturated heterocycles. The Morgan fingerprint density at radius 1 is 1.18 bits per heavy atom. The Bertz CT molecular complexity index is 644. The Kier molecular flexibility index (Phi) is 4.32. The molecule has 1 aromatic carbocycles. The van der Waals surface area contributed by atoms with E-state index in [1.807, 2.05) is 6.92 Å². The monoisotopic (exact) mass is 322 g/mol. The molecule has 0 saturated carbocycles. The summed E-state index contributed by atoms with van der Waals surface area (Å²) in [4.78, 5) is 2.40. The van der Waals surface area contributed by atoms with Crippen molar-refractivity contribution in [1.82, 2.24) is 9.21 Å². The number of sulfonamides is 1. The van der Waals surface area contributed by atoms with Crippen molar-refractivity contribution < 1.29 is 8.42 Å². The maximum absolute atomic E-state index is 12.4. The van der Waals surface area contributed by atoms with Crippen LogP contribution in [0.1, 0.15) is 30.5 Å². The number of benzene rings is 1. The minimum absolute atomic E-state index is 0.275. The van der Waals surface area contributed by atoms with Crippen LogP contribution < -0.4 is 0 Å². The van der Waals surface area contributed by atoms with E-state index in [0.717, 1.165) is 6.54 Å². The van der Waals surface area contributed by atoms with Crippen LogP contribution in [0.15, 0.2) is 24.3 Å². The van der Waals surface area contributed by atoms with Gasteiger partial charge in [-0.05, 0) is 43.4 Å². The molecule has 0 radical (unpaired) electrons. The third-order valence-corrected chi connectivity index (χ3v) is 7.23. The number of rotatable bonds is 4. The summed E-state index contributed by atoms with van der Waals surface area (Å²) < 4.78 is 26.5. The summed E-state index contributed by atoms with van der Waals surface area (Å²) in [6.07, 6.45) is 0.690. The molecule has 4 nitrogen and oxygen atoms in total. The van der Waals surface area contributed by atoms with Gasteiger partial charge in [-0.25, -0.2) is 12.7 Å². The van der Waals surface area contributed by atoms with E-state index < -0.39 is 10.0 Å². The third-order valence-electron chi connectivity index (χ3n) is 5.22. The molecule has 1 aromatic rings. The summed E-state index contributed by atoms with van der Waals surface area (Å²) in [5, 5.41) is 0. The SMILES string of the molecule is CCCS(=O)(=O)N1C[C@@H]2CN(C)[C@@H](c3ccccc3C)[C@@H]2C1. The van der Waals surface area contributed by atoms with Crippen LogP contribution >= 0.6 is 0 Å². The Balaban J connectivity index is 1.85. The molecule has 22 heavy (non-hydrogen) atoms. The number of hydrogen-bond donors (Lipinski definition) is 0. The maximum atomic E-state index is 12.4. The van der Waals surface area contributed by atoms with Crippen LogP contribution in [0.5, 0.6) is 0 Å². The average molecular weight is 322 g/mol. The maximum Gasteiger partial charge on any atom is 0.214 e. The second kappa shape index (κ2) is 5.95. The molecule has 3 rings (SSSR count). The van der Waals surface area contributed by atoms with Gasteiger partial charge in [-0.3, -0.25) is 4.90 Å². The van der Waals surface area contributed by atoms with Crippen molar-refractivity contribution in [3.8, 4) is 0 Å². The topological polar surface area (TPSA) is 40.6 Å². The standard InChI is InChI=1S/C17H26N2O2S/c1-4-9-22(20,21)19-11-14-10-18(3)17(16(14)12-19)15-8-6-5-7-13(15)2/h5-8,14,16-17H,4,9-12H2,1-3H3/t14-,16+,17-/m0/s1. The molecule has 0 spiro atoms. The second-order valence-corrected chi connectivity index (χ2v) is 8.89. The Morgan fingerprint density at radius 3 is 2.59 bits per heavy atom. The van der Waals surface area contributed by atoms with Gasteiger partial charge < -0.3 is 0 Å². The summed E-state index contributed by atoms with van der Waals surface area (Å²) in [5.74, 6) is 1.15. The van der Waals surface area contributed by atoms with Gasteiger partial charge in [-0.15, -0.1) is 0 Å². The van der Waals surface area contributed by atoms with E-state index in [0.29, 0.717) is 37.4 Å². The van der Waals surface area contributed by atoms with E-state index in [9.17, 15) is 8.42 Å². The summed E-state index contributed by atoms with van der Waals surface area (Å²) in [5.41, 5.74) is 2.65. The van der Waals surface area contributed by atoms with Crippen molar-refractivity contribution in [2.75, 3.05) is 32.4 Å². The first-order valence-corrected chi connectivity index (χ1v) is 9.78. The highest BCUT2D eigenvalue weighted by molar-refractivity contribution is 7.89. The van der Waals surface area contributed by atoms with E-state index in [4.69, 9.17) is 0 Å². The molecule has 0 amide bonds. The van der Waals surface area contributed by atoms with Crippen molar-refractivity contribution in [1.29, 1.82) is 0 Å². The molecule has 0 bridgehead atoms. The lowest BCUT2D eigenvalue weighted by atomic mass is 9.88. The van der Waals surface area contributed by atoms with Crippen LogP contribution in [0.2, 0.25) is 0 Å². The predicted octanol–water partition coefficient (Wildman–Crippen LogP) is 2.27. The first-order chi connectivity index (χ1) is 10.4. The van der Waals surface area contributed by atoms with Crippen molar-refractivity contribution in [3.63, 3.8) is 0 Å². The van der Waals surface area contributed by atoms with Crippen LogP contribution in [0.25, 0.3) is 0 Å². The normalized spacial score (nSPS) is 29.9. The molecule has 5 heteroatoms. The van der Waals surface area contributed by atoms with E-state index in [1.54, 1.807) is 4.31 Å². The summed E-state index contributed by atoms with van der Waals surface area (Å²) in [6, 6.07) is 8.84. The minimum atomic E-state index is -3.07. The van der Waals surface area contributed by atoms with Gasteiger partial charge in [0.05, 0.1) is 5.75 Å². The zero-order valence-electron chi connectivity index (χ0n) is 13.7. The fourth-order valence-corrected chi connectivity index (χ4v) is 5.81. The van der Waals surface area contributed by atoms with Gasteiger partial charge in [-0.1, -0.05) is 31.2 Å². The molecule has 122 valence electrons. The van der Waals surface area contributed by atoms with Gasteiger partial charge >= 0.3 is 0 Å². The minimum Gasteiger partial charge on any atom is -0.299 e. The largest absolute Gasteiger partial charge is 0.299 e. The van der Waals surface area contributed by atoms with Crippen molar-refractivity contribution in [2.24, 2.45) is 11.8 Å². The lowest BCUT2D eigenvalue weighted by Crippen LogP contribution is -2.34. The number of nitrogens with zero attached hydrogens (tertiary/aromatic N) is 2. The fraction of sp³-hybridized carbons (Fsp3) is 0.647. The molecule has 0 N–H and O–H groups in total. The summed E-state index contributed by atoms with van der Waals surface area (Å²) in [7, 11) is -0.904. The van der Waals surface area contributed by atoms with Crippen LogP contribution in [0.3, 0.4) is 0 Å². The highest BCUT2D eigenvalue weighted by Crippen LogP contribution is 2.45. The molecular formula is C17H26N2O2S. The first kappa shape index (κ1) is 16.0. The molecule has 3 atom stereocenters. The van der Waals surface area contributed by atoms with Crippen LogP contribution in [-0.2, 0) is 10.0 Å². The van der Waals surface area contributed by atoms with Crippen molar-refractivity contribution in [2.45, 2.75) is 26.3 Å². The van der Waals surface area contributed by atoms with Gasteiger partial charge in [0.1, 0.15) is 0 Å². The molecule has 2 aliphatic heterocycles. The summed E-state index contributed by atoms with van der Waals surface area (Å²) in [6.45, 7) is 6.44. The van der Waals surface area contributed by atoms with Crippen LogP contribution in [0.4, 0.5) is 0 Å². The molecule has 2 aliphatic rings. The third kappa shape index (κ3) is 2.70. The Hall–Kier alpha value is -0.910. The molecule has 2 fully saturated rings. The zero-order valence-corrected chi connectivity index (χ0v) is 14.5. The van der Waals surface area contributed by atoms with Gasteiger partial charge in [0.2, 0.25) is 10.0 Å². The lowest BCUT2D eigenvalue weighted by Gasteiger charge is -2.27. The first-order valence-electron chi connectivity index (χ1n) is 8.17. The van der Waals surface area contributed by atoms with Gasteiger partial charge in [0.15, 0.2) is 0 Å². The Morgan fingerprint density at radius 2 is 1.91 bits per heavy atom. The summed E-state index contributed by atoms with van der Waals surface area (Å²) >= 11 is 0. The Labute approximate surface area is 134 Å². The molecule has 0 aromatic heterocycles.